The van der Waals surface area contributed by atoms with Crippen LogP contribution in [0.3, 0.4) is 0 Å². The number of esters is 2. The van der Waals surface area contributed by atoms with Crippen molar-refractivity contribution in [1.29, 1.82) is 0 Å². The second kappa shape index (κ2) is 7.81. The molecule has 7 nitrogen and oxygen atoms in total. The number of nitrogens with one attached hydrogen (secondary N) is 1. The summed E-state index contributed by atoms with van der Waals surface area (Å²) in [5, 5.41) is 2.75. The predicted molar refractivity (Wildman–Crippen MR) is 88.2 cm³/mol. The Morgan fingerprint density at radius 1 is 1.04 bits per heavy atom. The van der Waals surface area contributed by atoms with Gasteiger partial charge in [0.05, 0.1) is 25.3 Å². The minimum absolute atomic E-state index is 0.155. The average molecular weight is 334 g/mol. The summed E-state index contributed by atoms with van der Waals surface area (Å²) in [6, 6.07) is 4.23. The number of likely N-dealkylation sites (tertiary alicyclic amines) is 1. The van der Waals surface area contributed by atoms with E-state index in [0.717, 1.165) is 19.3 Å². The Balaban J connectivity index is 2.26. The number of carbonyl (C=O) groups is 3. The summed E-state index contributed by atoms with van der Waals surface area (Å²) in [5.74, 6) is -1.19. The van der Waals surface area contributed by atoms with Gasteiger partial charge in [-0.25, -0.2) is 14.4 Å². The summed E-state index contributed by atoms with van der Waals surface area (Å²) in [7, 11) is 2.50. The smallest absolute Gasteiger partial charge is 0.337 e. The van der Waals surface area contributed by atoms with Crippen LogP contribution in [0.15, 0.2) is 18.2 Å². The van der Waals surface area contributed by atoms with Crippen molar-refractivity contribution in [2.24, 2.45) is 0 Å². The molecule has 0 aliphatic carbocycles. The largest absolute Gasteiger partial charge is 0.465 e. The Labute approximate surface area is 140 Å². The van der Waals surface area contributed by atoms with Crippen LogP contribution in [0.2, 0.25) is 0 Å². The topological polar surface area (TPSA) is 84.9 Å². The lowest BCUT2D eigenvalue weighted by Gasteiger charge is -2.33. The van der Waals surface area contributed by atoms with E-state index in [2.05, 4.69) is 14.8 Å². The maximum absolute atomic E-state index is 12.5. The van der Waals surface area contributed by atoms with Gasteiger partial charge in [-0.3, -0.25) is 0 Å². The molecule has 1 aromatic carbocycles. The molecule has 2 rings (SSSR count). The van der Waals surface area contributed by atoms with Gasteiger partial charge in [0.25, 0.3) is 0 Å². The van der Waals surface area contributed by atoms with Crippen molar-refractivity contribution in [2.45, 2.75) is 32.2 Å². The van der Waals surface area contributed by atoms with E-state index in [4.69, 9.17) is 0 Å². The van der Waals surface area contributed by atoms with Crippen molar-refractivity contribution >= 4 is 23.7 Å². The average Bonchev–Trinajstić information content (AvgIpc) is 2.60. The van der Waals surface area contributed by atoms with Gasteiger partial charge in [-0.1, -0.05) is 0 Å². The number of amides is 2. The van der Waals surface area contributed by atoms with E-state index in [-0.39, 0.29) is 23.2 Å². The quantitative estimate of drug-likeness (QED) is 0.859. The highest BCUT2D eigenvalue weighted by Crippen LogP contribution is 2.20. The molecule has 7 heteroatoms. The molecule has 1 unspecified atom stereocenters. The normalized spacial score (nSPS) is 17.1. The van der Waals surface area contributed by atoms with E-state index in [9.17, 15) is 14.4 Å². The van der Waals surface area contributed by atoms with E-state index >= 15 is 0 Å². The standard InChI is InChI=1S/C17H22N2O5/c1-11-6-4-5-7-19(11)17(22)18-14-9-12(15(20)23-2)8-13(10-14)16(21)24-3/h8-11H,4-7H2,1-3H3,(H,18,22). The summed E-state index contributed by atoms with van der Waals surface area (Å²) in [4.78, 5) is 37.8. The zero-order valence-corrected chi connectivity index (χ0v) is 14.1. The Morgan fingerprint density at radius 3 is 2.12 bits per heavy atom. The lowest BCUT2D eigenvalue weighted by Crippen LogP contribution is -2.44. The minimum atomic E-state index is -0.595. The third-order valence-electron chi connectivity index (χ3n) is 4.09. The summed E-state index contributed by atoms with van der Waals surface area (Å²) in [6.07, 6.45) is 3.03. The number of urea groups is 1. The van der Waals surface area contributed by atoms with Crippen LogP contribution in [-0.4, -0.2) is 49.7 Å². The van der Waals surface area contributed by atoms with Crippen molar-refractivity contribution < 1.29 is 23.9 Å². The number of ether oxygens (including phenoxy) is 2. The number of methoxy groups -OCH3 is 2. The first-order chi connectivity index (χ1) is 11.5. The molecule has 0 aromatic heterocycles. The molecular weight excluding hydrogens is 312 g/mol. The second-order valence-corrected chi connectivity index (χ2v) is 5.75. The predicted octanol–water partition coefficient (Wildman–Crippen LogP) is 2.67. The van der Waals surface area contributed by atoms with Crippen LogP contribution in [0.25, 0.3) is 0 Å². The Morgan fingerprint density at radius 2 is 1.62 bits per heavy atom. The fraction of sp³-hybridized carbons (Fsp3) is 0.471. The third-order valence-corrected chi connectivity index (χ3v) is 4.09. The number of benzene rings is 1. The van der Waals surface area contributed by atoms with Gasteiger partial charge in [0.15, 0.2) is 0 Å². The molecule has 0 saturated carbocycles. The number of hydrogen-bond acceptors (Lipinski definition) is 5. The molecule has 0 spiro atoms. The van der Waals surface area contributed by atoms with Crippen LogP contribution in [0.4, 0.5) is 10.5 Å². The zero-order chi connectivity index (χ0) is 17.7. The van der Waals surface area contributed by atoms with Crippen LogP contribution >= 0.6 is 0 Å². The lowest BCUT2D eigenvalue weighted by molar-refractivity contribution is 0.0599. The molecule has 2 amide bonds. The number of anilines is 1. The number of nitrogens with zero attached hydrogens (tertiary/aromatic N) is 1. The summed E-state index contributed by atoms with van der Waals surface area (Å²) in [6.45, 7) is 2.69. The lowest BCUT2D eigenvalue weighted by atomic mass is 10.0. The van der Waals surface area contributed by atoms with E-state index in [1.807, 2.05) is 6.92 Å². The molecule has 1 aliphatic rings. The van der Waals surface area contributed by atoms with Crippen LogP contribution < -0.4 is 5.32 Å². The minimum Gasteiger partial charge on any atom is -0.465 e. The van der Waals surface area contributed by atoms with Crippen molar-refractivity contribution in [3.63, 3.8) is 0 Å². The molecule has 0 bridgehead atoms. The molecule has 130 valence electrons. The van der Waals surface area contributed by atoms with Gasteiger partial charge in [-0.05, 0) is 44.4 Å². The SMILES string of the molecule is COC(=O)c1cc(NC(=O)N2CCCCC2C)cc(C(=O)OC)c1. The van der Waals surface area contributed by atoms with Crippen LogP contribution in [0, 0.1) is 0 Å². The van der Waals surface area contributed by atoms with Gasteiger partial charge in [0, 0.05) is 18.3 Å². The highest BCUT2D eigenvalue weighted by Gasteiger charge is 2.24. The maximum atomic E-state index is 12.5. The Hall–Kier alpha value is -2.57. The van der Waals surface area contributed by atoms with Gasteiger partial charge in [-0.2, -0.15) is 0 Å². The van der Waals surface area contributed by atoms with Gasteiger partial charge in [0.2, 0.25) is 0 Å². The first-order valence-corrected chi connectivity index (χ1v) is 7.85. The fourth-order valence-electron chi connectivity index (χ4n) is 2.77. The van der Waals surface area contributed by atoms with E-state index in [1.165, 1.54) is 32.4 Å². The molecule has 1 heterocycles. The molecule has 1 aliphatic heterocycles. The van der Waals surface area contributed by atoms with Crippen molar-refractivity contribution in [1.82, 2.24) is 4.90 Å². The molecule has 24 heavy (non-hydrogen) atoms. The fourth-order valence-corrected chi connectivity index (χ4v) is 2.77. The van der Waals surface area contributed by atoms with Crippen LogP contribution in [-0.2, 0) is 9.47 Å². The van der Waals surface area contributed by atoms with Crippen LogP contribution in [0.5, 0.6) is 0 Å². The Kier molecular flexibility index (Phi) is 5.78. The number of hydrogen-bond donors (Lipinski definition) is 1. The maximum Gasteiger partial charge on any atom is 0.337 e. The molecule has 1 saturated heterocycles. The van der Waals surface area contributed by atoms with Gasteiger partial charge < -0.3 is 19.7 Å². The summed E-state index contributed by atoms with van der Waals surface area (Å²) >= 11 is 0. The summed E-state index contributed by atoms with van der Waals surface area (Å²) in [5.41, 5.74) is 0.686. The Bertz CT molecular complexity index is 610. The van der Waals surface area contributed by atoms with Gasteiger partial charge in [0.1, 0.15) is 0 Å². The molecule has 1 aromatic rings. The zero-order valence-electron chi connectivity index (χ0n) is 14.1. The second-order valence-electron chi connectivity index (χ2n) is 5.75. The van der Waals surface area contributed by atoms with Crippen molar-refractivity contribution in [2.75, 3.05) is 26.1 Å². The van der Waals surface area contributed by atoms with Gasteiger partial charge >= 0.3 is 18.0 Å². The highest BCUT2D eigenvalue weighted by molar-refractivity contribution is 5.99. The summed E-state index contributed by atoms with van der Waals surface area (Å²) < 4.78 is 9.37. The van der Waals surface area contributed by atoms with Crippen molar-refractivity contribution in [3.8, 4) is 0 Å². The molecule has 1 N–H and O–H groups in total. The van der Waals surface area contributed by atoms with E-state index < -0.39 is 11.9 Å². The van der Waals surface area contributed by atoms with Gasteiger partial charge in [-0.15, -0.1) is 0 Å². The molecule has 0 radical (unpaired) electrons. The molecule has 1 atom stereocenters. The van der Waals surface area contributed by atoms with Crippen molar-refractivity contribution in [3.05, 3.63) is 29.3 Å². The third kappa shape index (κ3) is 4.04. The van der Waals surface area contributed by atoms with E-state index in [0.29, 0.717) is 12.2 Å². The highest BCUT2D eigenvalue weighted by atomic mass is 16.5. The van der Waals surface area contributed by atoms with Crippen LogP contribution in [0.1, 0.15) is 46.9 Å². The molecular formula is C17H22N2O5. The number of carbonyl (C=O) groups excluding carboxylic acids is 3. The molecule has 1 fully saturated rings. The first kappa shape index (κ1) is 17.8. The monoisotopic (exact) mass is 334 g/mol. The van der Waals surface area contributed by atoms with E-state index in [1.54, 1.807) is 4.90 Å². The first-order valence-electron chi connectivity index (χ1n) is 7.85. The number of piperidine rings is 1. The number of rotatable bonds is 3.